The van der Waals surface area contributed by atoms with Crippen molar-refractivity contribution < 1.29 is 4.79 Å². The molecule has 3 rings (SSSR count). The van der Waals surface area contributed by atoms with E-state index in [0.717, 1.165) is 11.3 Å². The van der Waals surface area contributed by atoms with Crippen LogP contribution in [0.1, 0.15) is 29.8 Å². The number of aromatic nitrogens is 2. The summed E-state index contributed by atoms with van der Waals surface area (Å²) in [6.45, 7) is 6.78. The van der Waals surface area contributed by atoms with E-state index in [4.69, 9.17) is 4.98 Å². The molecule has 0 radical (unpaired) electrons. The fraction of sp³-hybridized carbons (Fsp3) is 0.261. The molecule has 0 aliphatic heterocycles. The lowest BCUT2D eigenvalue weighted by Crippen LogP contribution is -2.29. The van der Waals surface area contributed by atoms with Crippen LogP contribution in [0.3, 0.4) is 0 Å². The van der Waals surface area contributed by atoms with Crippen LogP contribution in [0.5, 0.6) is 0 Å². The molecule has 0 saturated carbocycles. The average Bonchev–Trinajstić information content (AvgIpc) is 2.72. The fourth-order valence-electron chi connectivity index (χ4n) is 2.80. The van der Waals surface area contributed by atoms with E-state index in [0.29, 0.717) is 29.7 Å². The Morgan fingerprint density at radius 2 is 1.75 bits per heavy atom. The predicted octanol–water partition coefficient (Wildman–Crippen LogP) is 4.61. The highest BCUT2D eigenvalue weighted by Crippen LogP contribution is 2.27. The normalized spacial score (nSPS) is 10.8. The summed E-state index contributed by atoms with van der Waals surface area (Å²) in [7, 11) is 1.92. The first kappa shape index (κ1) is 19.5. The number of hydrogen-bond acceptors (Lipinski definition) is 4. The van der Waals surface area contributed by atoms with Crippen LogP contribution in [0.4, 0.5) is 11.5 Å². The highest BCUT2D eigenvalue weighted by atomic mass is 16.1. The lowest BCUT2D eigenvalue weighted by Gasteiger charge is -2.22. The standard InChI is InChI=1S/C23H26N4O/c1-16(2)14-25-23(28)20-15-24-21(18-8-6-5-7-9-18)26-22(20)27(4)19-12-10-17(3)11-13-19/h5-13,15-16H,14H2,1-4H3,(H,25,28). The lowest BCUT2D eigenvalue weighted by molar-refractivity contribution is 0.0949. The molecule has 0 aliphatic rings. The van der Waals surface area contributed by atoms with Crippen molar-refractivity contribution in [2.24, 2.45) is 5.92 Å². The quantitative estimate of drug-likeness (QED) is 0.685. The maximum atomic E-state index is 12.8. The zero-order valence-corrected chi connectivity index (χ0v) is 16.8. The summed E-state index contributed by atoms with van der Waals surface area (Å²) < 4.78 is 0. The van der Waals surface area contributed by atoms with E-state index in [1.807, 2.05) is 73.5 Å². The minimum Gasteiger partial charge on any atom is -0.352 e. The van der Waals surface area contributed by atoms with Crippen molar-refractivity contribution in [3.63, 3.8) is 0 Å². The highest BCUT2D eigenvalue weighted by molar-refractivity contribution is 5.99. The number of rotatable bonds is 6. The second kappa shape index (κ2) is 8.65. The summed E-state index contributed by atoms with van der Waals surface area (Å²) in [5.74, 6) is 1.38. The van der Waals surface area contributed by atoms with Gasteiger partial charge in [0.05, 0.1) is 0 Å². The number of carbonyl (C=O) groups excluding carboxylic acids is 1. The van der Waals surface area contributed by atoms with Crippen molar-refractivity contribution in [3.8, 4) is 11.4 Å². The summed E-state index contributed by atoms with van der Waals surface area (Å²) in [6.07, 6.45) is 1.62. The van der Waals surface area contributed by atoms with Crippen molar-refractivity contribution in [1.29, 1.82) is 0 Å². The van der Waals surface area contributed by atoms with Crippen molar-refractivity contribution in [1.82, 2.24) is 15.3 Å². The van der Waals surface area contributed by atoms with Gasteiger partial charge in [0.15, 0.2) is 5.82 Å². The molecule has 5 nitrogen and oxygen atoms in total. The van der Waals surface area contributed by atoms with Gasteiger partial charge in [-0.2, -0.15) is 0 Å². The van der Waals surface area contributed by atoms with Gasteiger partial charge >= 0.3 is 0 Å². The molecule has 0 bridgehead atoms. The Bertz CT molecular complexity index is 937. The van der Waals surface area contributed by atoms with Crippen LogP contribution in [0.2, 0.25) is 0 Å². The van der Waals surface area contributed by atoms with Gasteiger partial charge in [-0.05, 0) is 25.0 Å². The monoisotopic (exact) mass is 374 g/mol. The molecule has 1 amide bonds. The smallest absolute Gasteiger partial charge is 0.256 e. The van der Waals surface area contributed by atoms with E-state index in [9.17, 15) is 4.79 Å². The zero-order chi connectivity index (χ0) is 20.1. The lowest BCUT2D eigenvalue weighted by atomic mass is 10.1. The second-order valence-electron chi connectivity index (χ2n) is 7.30. The minimum absolute atomic E-state index is 0.165. The molecule has 144 valence electrons. The Labute approximate surface area is 166 Å². The number of anilines is 2. The SMILES string of the molecule is Cc1ccc(N(C)c2nc(-c3ccccc3)ncc2C(=O)NCC(C)C)cc1. The summed E-state index contributed by atoms with van der Waals surface area (Å²) in [6, 6.07) is 17.9. The van der Waals surface area contributed by atoms with E-state index in [2.05, 4.69) is 24.1 Å². The Kier molecular flexibility index (Phi) is 6.04. The number of hydrogen-bond donors (Lipinski definition) is 1. The van der Waals surface area contributed by atoms with Crippen LogP contribution in [0, 0.1) is 12.8 Å². The molecule has 1 aromatic heterocycles. The minimum atomic E-state index is -0.165. The molecule has 1 N–H and O–H groups in total. The zero-order valence-electron chi connectivity index (χ0n) is 16.8. The highest BCUT2D eigenvalue weighted by Gasteiger charge is 2.19. The predicted molar refractivity (Wildman–Crippen MR) is 114 cm³/mol. The third-order valence-electron chi connectivity index (χ3n) is 4.46. The molecule has 3 aromatic rings. The van der Waals surface area contributed by atoms with Crippen LogP contribution in [-0.2, 0) is 0 Å². The van der Waals surface area contributed by atoms with Crippen LogP contribution in [-0.4, -0.2) is 29.5 Å². The molecular formula is C23H26N4O. The first-order valence-electron chi connectivity index (χ1n) is 9.46. The summed E-state index contributed by atoms with van der Waals surface area (Å²) in [5.41, 5.74) is 3.51. The van der Waals surface area contributed by atoms with E-state index < -0.39 is 0 Å². The number of aryl methyl sites for hydroxylation is 1. The van der Waals surface area contributed by atoms with E-state index >= 15 is 0 Å². The van der Waals surface area contributed by atoms with E-state index in [1.54, 1.807) is 6.20 Å². The number of nitrogens with one attached hydrogen (secondary N) is 1. The third kappa shape index (κ3) is 4.55. The molecular weight excluding hydrogens is 348 g/mol. The van der Waals surface area contributed by atoms with E-state index in [-0.39, 0.29) is 5.91 Å². The first-order valence-corrected chi connectivity index (χ1v) is 9.46. The maximum absolute atomic E-state index is 12.8. The summed E-state index contributed by atoms with van der Waals surface area (Å²) in [4.78, 5) is 23.9. The topological polar surface area (TPSA) is 58.1 Å². The van der Waals surface area contributed by atoms with Crippen molar-refractivity contribution in [2.75, 3.05) is 18.5 Å². The third-order valence-corrected chi connectivity index (χ3v) is 4.46. The van der Waals surface area contributed by atoms with Gasteiger partial charge in [-0.25, -0.2) is 9.97 Å². The molecule has 2 aromatic carbocycles. The van der Waals surface area contributed by atoms with Crippen LogP contribution in [0.25, 0.3) is 11.4 Å². The van der Waals surface area contributed by atoms with Gasteiger partial charge in [0.25, 0.3) is 5.91 Å². The Balaban J connectivity index is 2.03. The molecule has 0 aliphatic carbocycles. The van der Waals surface area contributed by atoms with E-state index in [1.165, 1.54) is 5.56 Å². The van der Waals surface area contributed by atoms with Gasteiger partial charge in [0, 0.05) is 31.0 Å². The number of benzene rings is 2. The van der Waals surface area contributed by atoms with Crippen molar-refractivity contribution >= 4 is 17.4 Å². The number of carbonyl (C=O) groups is 1. The first-order chi connectivity index (χ1) is 13.5. The van der Waals surface area contributed by atoms with Gasteiger partial charge in [-0.1, -0.05) is 61.9 Å². The molecule has 0 spiro atoms. The Morgan fingerprint density at radius 1 is 1.07 bits per heavy atom. The van der Waals surface area contributed by atoms with Crippen LogP contribution < -0.4 is 10.2 Å². The fourth-order valence-corrected chi connectivity index (χ4v) is 2.80. The molecule has 0 saturated heterocycles. The van der Waals surface area contributed by atoms with Crippen LogP contribution >= 0.6 is 0 Å². The van der Waals surface area contributed by atoms with Gasteiger partial charge in [0.2, 0.25) is 0 Å². The average molecular weight is 374 g/mol. The molecule has 28 heavy (non-hydrogen) atoms. The molecule has 0 unspecified atom stereocenters. The second-order valence-corrected chi connectivity index (χ2v) is 7.30. The summed E-state index contributed by atoms with van der Waals surface area (Å²) >= 11 is 0. The van der Waals surface area contributed by atoms with Crippen molar-refractivity contribution in [3.05, 3.63) is 71.9 Å². The summed E-state index contributed by atoms with van der Waals surface area (Å²) in [5, 5.41) is 2.97. The number of amides is 1. The van der Waals surface area contributed by atoms with Crippen LogP contribution in [0.15, 0.2) is 60.8 Å². The van der Waals surface area contributed by atoms with Gasteiger partial charge in [-0.3, -0.25) is 4.79 Å². The van der Waals surface area contributed by atoms with Gasteiger partial charge in [-0.15, -0.1) is 0 Å². The van der Waals surface area contributed by atoms with Gasteiger partial charge in [0.1, 0.15) is 11.4 Å². The molecule has 5 heteroatoms. The largest absolute Gasteiger partial charge is 0.352 e. The Morgan fingerprint density at radius 3 is 2.39 bits per heavy atom. The number of nitrogens with zero attached hydrogens (tertiary/aromatic N) is 3. The molecule has 0 atom stereocenters. The van der Waals surface area contributed by atoms with Crippen molar-refractivity contribution in [2.45, 2.75) is 20.8 Å². The molecule has 1 heterocycles. The van der Waals surface area contributed by atoms with Gasteiger partial charge < -0.3 is 10.2 Å². The maximum Gasteiger partial charge on any atom is 0.256 e. The molecule has 0 fully saturated rings. The Hall–Kier alpha value is -3.21.